The van der Waals surface area contributed by atoms with Gasteiger partial charge in [-0.1, -0.05) is 0 Å². The lowest BCUT2D eigenvalue weighted by Gasteiger charge is -1.98. The van der Waals surface area contributed by atoms with Crippen LogP contribution in [0.15, 0.2) is 59.8 Å². The maximum Gasteiger partial charge on any atom is 0.138 e. The molecule has 0 radical (unpaired) electrons. The molecule has 0 fully saturated rings. The number of aryl methyl sites for hydroxylation is 1. The summed E-state index contributed by atoms with van der Waals surface area (Å²) in [6, 6.07) is 8.34. The molecule has 0 aliphatic rings. The predicted molar refractivity (Wildman–Crippen MR) is 114 cm³/mol. The molecular weight excluding hydrogens is 382 g/mol. The third kappa shape index (κ3) is 2.57. The number of rotatable bonds is 3. The molecule has 0 aromatic carbocycles. The second kappa shape index (κ2) is 6.11. The molecular formula is C21H15N7S. The van der Waals surface area contributed by atoms with Gasteiger partial charge in [0.05, 0.1) is 29.3 Å². The quantitative estimate of drug-likeness (QED) is 0.456. The highest BCUT2D eigenvalue weighted by atomic mass is 32.1. The summed E-state index contributed by atoms with van der Waals surface area (Å²) in [7, 11) is 1.90. The average molecular weight is 397 g/mol. The van der Waals surface area contributed by atoms with E-state index in [4.69, 9.17) is 0 Å². The molecule has 0 unspecified atom stereocenters. The number of nitrogens with zero attached hydrogens (tertiary/aromatic N) is 5. The Morgan fingerprint density at radius 3 is 2.83 bits per heavy atom. The highest BCUT2D eigenvalue weighted by Crippen LogP contribution is 2.34. The Morgan fingerprint density at radius 1 is 1.03 bits per heavy atom. The molecule has 0 spiro atoms. The van der Waals surface area contributed by atoms with Gasteiger partial charge in [0.2, 0.25) is 0 Å². The van der Waals surface area contributed by atoms with E-state index < -0.39 is 0 Å². The van der Waals surface area contributed by atoms with Crippen LogP contribution in [0.2, 0.25) is 0 Å². The summed E-state index contributed by atoms with van der Waals surface area (Å²) < 4.78 is 1.77. The fraction of sp³-hybridized carbons (Fsp3) is 0.0476. The first kappa shape index (κ1) is 16.2. The van der Waals surface area contributed by atoms with Crippen LogP contribution < -0.4 is 0 Å². The van der Waals surface area contributed by atoms with Crippen molar-refractivity contribution in [3.63, 3.8) is 0 Å². The van der Waals surface area contributed by atoms with Crippen molar-refractivity contribution in [1.82, 2.24) is 34.9 Å². The molecule has 7 nitrogen and oxygen atoms in total. The van der Waals surface area contributed by atoms with Crippen molar-refractivity contribution in [3.8, 4) is 33.8 Å². The van der Waals surface area contributed by atoms with E-state index in [1.54, 1.807) is 16.0 Å². The normalized spacial score (nSPS) is 11.6. The SMILES string of the molecule is Cn1cc(-c2cc3c(-c4cc5c(-c6ccsc6)ccnc5[nH]4)n[nH]c3cn2)cn1. The van der Waals surface area contributed by atoms with Crippen LogP contribution >= 0.6 is 11.3 Å². The Morgan fingerprint density at radius 2 is 2.00 bits per heavy atom. The Labute approximate surface area is 169 Å². The molecule has 29 heavy (non-hydrogen) atoms. The van der Waals surface area contributed by atoms with Gasteiger partial charge in [-0.3, -0.25) is 14.8 Å². The van der Waals surface area contributed by atoms with Crippen molar-refractivity contribution in [1.29, 1.82) is 0 Å². The first-order chi connectivity index (χ1) is 14.3. The molecule has 6 aromatic heterocycles. The Bertz CT molecular complexity index is 1470. The number of thiophene rings is 1. The van der Waals surface area contributed by atoms with Gasteiger partial charge < -0.3 is 4.98 Å². The summed E-state index contributed by atoms with van der Waals surface area (Å²) in [5.74, 6) is 0. The molecule has 6 rings (SSSR count). The lowest BCUT2D eigenvalue weighted by atomic mass is 10.1. The van der Waals surface area contributed by atoms with Crippen molar-refractivity contribution in [2.24, 2.45) is 7.05 Å². The fourth-order valence-corrected chi connectivity index (χ4v) is 4.31. The molecule has 140 valence electrons. The summed E-state index contributed by atoms with van der Waals surface area (Å²) in [5, 5.41) is 18.2. The second-order valence-electron chi connectivity index (χ2n) is 6.91. The van der Waals surface area contributed by atoms with E-state index in [1.165, 1.54) is 5.56 Å². The number of pyridine rings is 2. The van der Waals surface area contributed by atoms with Crippen LogP contribution in [0.25, 0.3) is 55.7 Å². The van der Waals surface area contributed by atoms with Gasteiger partial charge in [-0.25, -0.2) is 4.98 Å². The van der Waals surface area contributed by atoms with Gasteiger partial charge in [-0.05, 0) is 46.2 Å². The maximum absolute atomic E-state index is 4.55. The van der Waals surface area contributed by atoms with E-state index >= 15 is 0 Å². The van der Waals surface area contributed by atoms with Crippen LogP contribution in [0, 0.1) is 0 Å². The number of hydrogen-bond donors (Lipinski definition) is 2. The third-order valence-electron chi connectivity index (χ3n) is 5.07. The predicted octanol–water partition coefficient (Wildman–Crippen LogP) is 4.63. The minimum atomic E-state index is 0.849. The minimum absolute atomic E-state index is 0.849. The largest absolute Gasteiger partial charge is 0.338 e. The summed E-state index contributed by atoms with van der Waals surface area (Å²) in [6.45, 7) is 0. The number of hydrogen-bond acceptors (Lipinski definition) is 5. The lowest BCUT2D eigenvalue weighted by Crippen LogP contribution is -1.85. The van der Waals surface area contributed by atoms with Gasteiger partial charge in [0, 0.05) is 35.8 Å². The van der Waals surface area contributed by atoms with Gasteiger partial charge in [-0.15, -0.1) is 0 Å². The second-order valence-corrected chi connectivity index (χ2v) is 7.69. The summed E-state index contributed by atoms with van der Waals surface area (Å²) in [4.78, 5) is 12.5. The zero-order valence-corrected chi connectivity index (χ0v) is 16.2. The topological polar surface area (TPSA) is 88.1 Å². The van der Waals surface area contributed by atoms with E-state index in [0.717, 1.165) is 50.1 Å². The summed E-state index contributed by atoms with van der Waals surface area (Å²) >= 11 is 1.69. The number of aromatic nitrogens is 7. The van der Waals surface area contributed by atoms with Crippen LogP contribution in [0.4, 0.5) is 0 Å². The molecule has 0 aliphatic carbocycles. The highest BCUT2D eigenvalue weighted by Gasteiger charge is 2.15. The maximum atomic E-state index is 4.55. The van der Waals surface area contributed by atoms with Crippen LogP contribution in [-0.2, 0) is 7.05 Å². The van der Waals surface area contributed by atoms with E-state index in [2.05, 4.69) is 59.2 Å². The Hall–Kier alpha value is -3.78. The number of nitrogens with one attached hydrogen (secondary N) is 2. The highest BCUT2D eigenvalue weighted by molar-refractivity contribution is 7.08. The minimum Gasteiger partial charge on any atom is -0.338 e. The van der Waals surface area contributed by atoms with Crippen LogP contribution in [-0.4, -0.2) is 34.9 Å². The van der Waals surface area contributed by atoms with Gasteiger partial charge in [0.15, 0.2) is 0 Å². The van der Waals surface area contributed by atoms with Gasteiger partial charge in [0.25, 0.3) is 0 Å². The molecule has 0 saturated heterocycles. The first-order valence-electron chi connectivity index (χ1n) is 9.10. The van der Waals surface area contributed by atoms with Crippen molar-refractivity contribution < 1.29 is 0 Å². The molecule has 2 N–H and O–H groups in total. The van der Waals surface area contributed by atoms with Crippen molar-refractivity contribution >= 4 is 33.3 Å². The zero-order chi connectivity index (χ0) is 19.4. The van der Waals surface area contributed by atoms with Gasteiger partial charge in [0.1, 0.15) is 11.3 Å². The number of fused-ring (bicyclic) bond motifs is 2. The van der Waals surface area contributed by atoms with Crippen LogP contribution in [0.3, 0.4) is 0 Å². The summed E-state index contributed by atoms with van der Waals surface area (Å²) in [5.41, 5.74) is 7.70. The van der Waals surface area contributed by atoms with E-state index in [0.29, 0.717) is 0 Å². The Balaban J connectivity index is 1.53. The van der Waals surface area contributed by atoms with Crippen molar-refractivity contribution in [2.75, 3.05) is 0 Å². The monoisotopic (exact) mass is 397 g/mol. The first-order valence-corrected chi connectivity index (χ1v) is 10.0. The van der Waals surface area contributed by atoms with Gasteiger partial charge >= 0.3 is 0 Å². The zero-order valence-electron chi connectivity index (χ0n) is 15.4. The smallest absolute Gasteiger partial charge is 0.138 e. The average Bonchev–Trinajstić information content (AvgIpc) is 3.51. The summed E-state index contributed by atoms with van der Waals surface area (Å²) in [6.07, 6.45) is 7.41. The fourth-order valence-electron chi connectivity index (χ4n) is 3.66. The molecule has 0 saturated carbocycles. The van der Waals surface area contributed by atoms with Crippen LogP contribution in [0.1, 0.15) is 0 Å². The van der Waals surface area contributed by atoms with Crippen molar-refractivity contribution in [3.05, 3.63) is 59.8 Å². The standard InChI is InChI=1S/C21H15N7S/c1-28-10-13(8-24-28)17-7-16-19(9-23-17)26-27-20(16)18-6-15-14(12-3-5-29-11-12)2-4-22-21(15)25-18/h2-11H,1H3,(H,22,25)(H,26,27). The lowest BCUT2D eigenvalue weighted by molar-refractivity contribution is 0.768. The van der Waals surface area contributed by atoms with E-state index in [1.807, 2.05) is 37.9 Å². The molecule has 0 aliphatic heterocycles. The van der Waals surface area contributed by atoms with E-state index in [-0.39, 0.29) is 0 Å². The molecule has 0 atom stereocenters. The molecule has 8 heteroatoms. The van der Waals surface area contributed by atoms with Crippen molar-refractivity contribution in [2.45, 2.75) is 0 Å². The molecule has 6 heterocycles. The van der Waals surface area contributed by atoms with Crippen LogP contribution in [0.5, 0.6) is 0 Å². The molecule has 0 amide bonds. The molecule has 6 aromatic rings. The van der Waals surface area contributed by atoms with Gasteiger partial charge in [-0.2, -0.15) is 21.5 Å². The van der Waals surface area contributed by atoms with E-state index in [9.17, 15) is 0 Å². The third-order valence-corrected chi connectivity index (χ3v) is 5.75. The Kier molecular flexibility index (Phi) is 3.41. The number of aromatic amines is 2. The number of H-pyrrole nitrogens is 2. The molecule has 0 bridgehead atoms.